The Morgan fingerprint density at radius 3 is 1.95 bits per heavy atom. The Kier molecular flexibility index (Phi) is 6.07. The SMILES string of the molecule is CC(C)NC(=O)C1CCC(C(=O)N2CCCCCC2)CC1. The lowest BCUT2D eigenvalue weighted by atomic mass is 9.80. The number of hydrogen-bond donors (Lipinski definition) is 1. The monoisotopic (exact) mass is 294 g/mol. The van der Waals surface area contributed by atoms with E-state index in [1.54, 1.807) is 0 Å². The number of carbonyl (C=O) groups is 2. The van der Waals surface area contributed by atoms with Crippen molar-refractivity contribution < 1.29 is 9.59 Å². The predicted octanol–water partition coefficient (Wildman–Crippen LogP) is 2.72. The highest BCUT2D eigenvalue weighted by atomic mass is 16.2. The summed E-state index contributed by atoms with van der Waals surface area (Å²) < 4.78 is 0. The number of rotatable bonds is 3. The molecule has 0 bridgehead atoms. The largest absolute Gasteiger partial charge is 0.354 e. The molecule has 1 saturated carbocycles. The summed E-state index contributed by atoms with van der Waals surface area (Å²) in [6, 6.07) is 0.203. The maximum Gasteiger partial charge on any atom is 0.225 e. The van der Waals surface area contributed by atoms with Crippen molar-refractivity contribution in [2.75, 3.05) is 13.1 Å². The molecule has 4 nitrogen and oxygen atoms in total. The van der Waals surface area contributed by atoms with Crippen LogP contribution in [-0.4, -0.2) is 35.8 Å². The van der Waals surface area contributed by atoms with Gasteiger partial charge in [0.05, 0.1) is 0 Å². The van der Waals surface area contributed by atoms with E-state index in [1.807, 2.05) is 13.8 Å². The lowest BCUT2D eigenvalue weighted by molar-refractivity contribution is -0.138. The zero-order chi connectivity index (χ0) is 15.2. The highest BCUT2D eigenvalue weighted by Gasteiger charge is 2.32. The van der Waals surface area contributed by atoms with Crippen molar-refractivity contribution in [1.29, 1.82) is 0 Å². The second kappa shape index (κ2) is 7.81. The van der Waals surface area contributed by atoms with Crippen LogP contribution in [0.2, 0.25) is 0 Å². The van der Waals surface area contributed by atoms with Crippen molar-refractivity contribution in [2.45, 2.75) is 71.3 Å². The normalized spacial score (nSPS) is 27.3. The topological polar surface area (TPSA) is 49.4 Å². The Balaban J connectivity index is 1.80. The molecule has 0 radical (unpaired) electrons. The molecule has 0 spiro atoms. The molecule has 0 aromatic heterocycles. The van der Waals surface area contributed by atoms with Crippen LogP contribution >= 0.6 is 0 Å². The molecule has 2 amide bonds. The van der Waals surface area contributed by atoms with Gasteiger partial charge in [-0.1, -0.05) is 12.8 Å². The first kappa shape index (κ1) is 16.3. The Morgan fingerprint density at radius 2 is 1.43 bits per heavy atom. The Hall–Kier alpha value is -1.06. The third-order valence-corrected chi connectivity index (χ3v) is 4.80. The van der Waals surface area contributed by atoms with Gasteiger partial charge in [-0.2, -0.15) is 0 Å². The van der Waals surface area contributed by atoms with E-state index >= 15 is 0 Å². The average molecular weight is 294 g/mol. The second-order valence-corrected chi connectivity index (χ2v) is 6.95. The van der Waals surface area contributed by atoms with Gasteiger partial charge < -0.3 is 10.2 Å². The van der Waals surface area contributed by atoms with Crippen molar-refractivity contribution in [3.05, 3.63) is 0 Å². The van der Waals surface area contributed by atoms with E-state index in [-0.39, 0.29) is 23.8 Å². The molecule has 1 N–H and O–H groups in total. The third kappa shape index (κ3) is 4.72. The summed E-state index contributed by atoms with van der Waals surface area (Å²) in [6.07, 6.45) is 8.30. The van der Waals surface area contributed by atoms with Gasteiger partial charge in [0.25, 0.3) is 0 Å². The highest BCUT2D eigenvalue weighted by molar-refractivity contribution is 5.81. The fourth-order valence-electron chi connectivity index (χ4n) is 3.55. The first-order valence-electron chi connectivity index (χ1n) is 8.67. The van der Waals surface area contributed by atoms with E-state index in [0.717, 1.165) is 51.6 Å². The lowest BCUT2D eigenvalue weighted by Crippen LogP contribution is -2.41. The molecule has 0 unspecified atom stereocenters. The van der Waals surface area contributed by atoms with Gasteiger partial charge in [-0.25, -0.2) is 0 Å². The van der Waals surface area contributed by atoms with E-state index in [4.69, 9.17) is 0 Å². The van der Waals surface area contributed by atoms with E-state index in [0.29, 0.717) is 5.91 Å². The van der Waals surface area contributed by atoms with Crippen molar-refractivity contribution >= 4 is 11.8 Å². The van der Waals surface area contributed by atoms with Crippen LogP contribution in [0, 0.1) is 11.8 Å². The number of likely N-dealkylation sites (tertiary alicyclic amines) is 1. The first-order valence-corrected chi connectivity index (χ1v) is 8.67. The standard InChI is InChI=1S/C17H30N2O2/c1-13(2)18-16(20)14-7-9-15(10-8-14)17(21)19-11-5-3-4-6-12-19/h13-15H,3-12H2,1-2H3,(H,18,20). The van der Waals surface area contributed by atoms with Crippen LogP contribution in [-0.2, 0) is 9.59 Å². The van der Waals surface area contributed by atoms with E-state index in [2.05, 4.69) is 10.2 Å². The number of carbonyl (C=O) groups excluding carboxylic acids is 2. The summed E-state index contributed by atoms with van der Waals surface area (Å²) in [6.45, 7) is 5.86. The molecule has 0 atom stereocenters. The van der Waals surface area contributed by atoms with Gasteiger partial charge in [-0.15, -0.1) is 0 Å². The summed E-state index contributed by atoms with van der Waals surface area (Å²) >= 11 is 0. The average Bonchev–Trinajstić information content (AvgIpc) is 2.75. The summed E-state index contributed by atoms with van der Waals surface area (Å²) in [5.41, 5.74) is 0. The maximum atomic E-state index is 12.6. The van der Waals surface area contributed by atoms with Crippen LogP contribution in [0.3, 0.4) is 0 Å². The molecule has 4 heteroatoms. The predicted molar refractivity (Wildman–Crippen MR) is 83.8 cm³/mol. The van der Waals surface area contributed by atoms with Crippen molar-refractivity contribution in [1.82, 2.24) is 10.2 Å². The number of hydrogen-bond acceptors (Lipinski definition) is 2. The van der Waals surface area contributed by atoms with Gasteiger partial charge in [-0.05, 0) is 52.4 Å². The number of nitrogens with one attached hydrogen (secondary N) is 1. The highest BCUT2D eigenvalue weighted by Crippen LogP contribution is 2.30. The molecule has 120 valence electrons. The van der Waals surface area contributed by atoms with Gasteiger partial charge in [0.15, 0.2) is 0 Å². The van der Waals surface area contributed by atoms with Crippen LogP contribution in [0.5, 0.6) is 0 Å². The Bertz CT molecular complexity index is 352. The molecule has 0 aromatic rings. The van der Waals surface area contributed by atoms with Gasteiger partial charge in [0.1, 0.15) is 0 Å². The molecular weight excluding hydrogens is 264 g/mol. The summed E-state index contributed by atoms with van der Waals surface area (Å²) in [4.78, 5) is 26.7. The zero-order valence-electron chi connectivity index (χ0n) is 13.6. The summed E-state index contributed by atoms with van der Waals surface area (Å²) in [5.74, 6) is 0.789. The number of nitrogens with zero attached hydrogens (tertiary/aromatic N) is 1. The Labute approximate surface area is 128 Å². The molecule has 1 saturated heterocycles. The smallest absolute Gasteiger partial charge is 0.225 e. The van der Waals surface area contributed by atoms with Gasteiger partial charge >= 0.3 is 0 Å². The first-order chi connectivity index (χ1) is 10.1. The summed E-state index contributed by atoms with van der Waals surface area (Å²) in [7, 11) is 0. The molecule has 1 heterocycles. The van der Waals surface area contributed by atoms with Crippen LogP contribution in [0.15, 0.2) is 0 Å². The zero-order valence-corrected chi connectivity index (χ0v) is 13.6. The fourth-order valence-corrected chi connectivity index (χ4v) is 3.55. The molecule has 21 heavy (non-hydrogen) atoms. The maximum absolute atomic E-state index is 12.6. The lowest BCUT2D eigenvalue weighted by Gasteiger charge is -2.31. The number of amides is 2. The van der Waals surface area contributed by atoms with Crippen LogP contribution in [0.4, 0.5) is 0 Å². The molecule has 1 aliphatic carbocycles. The van der Waals surface area contributed by atoms with Crippen LogP contribution < -0.4 is 5.32 Å². The molecular formula is C17H30N2O2. The van der Waals surface area contributed by atoms with Crippen LogP contribution in [0.25, 0.3) is 0 Å². The molecule has 2 fully saturated rings. The molecule has 1 aliphatic heterocycles. The van der Waals surface area contributed by atoms with Gasteiger partial charge in [0, 0.05) is 31.0 Å². The molecule has 2 rings (SSSR count). The van der Waals surface area contributed by atoms with Crippen molar-refractivity contribution in [2.24, 2.45) is 11.8 Å². The van der Waals surface area contributed by atoms with Gasteiger partial charge in [0.2, 0.25) is 11.8 Å². The molecule has 0 aromatic carbocycles. The fraction of sp³-hybridized carbons (Fsp3) is 0.882. The van der Waals surface area contributed by atoms with E-state index in [9.17, 15) is 9.59 Å². The van der Waals surface area contributed by atoms with Crippen molar-refractivity contribution in [3.8, 4) is 0 Å². The molecule has 2 aliphatic rings. The van der Waals surface area contributed by atoms with E-state index in [1.165, 1.54) is 12.8 Å². The third-order valence-electron chi connectivity index (χ3n) is 4.80. The minimum Gasteiger partial charge on any atom is -0.354 e. The quantitative estimate of drug-likeness (QED) is 0.870. The minimum absolute atomic E-state index is 0.112. The van der Waals surface area contributed by atoms with E-state index < -0.39 is 0 Å². The van der Waals surface area contributed by atoms with Crippen LogP contribution in [0.1, 0.15) is 65.2 Å². The summed E-state index contributed by atoms with van der Waals surface area (Å²) in [5, 5.41) is 2.99. The van der Waals surface area contributed by atoms with Crippen molar-refractivity contribution in [3.63, 3.8) is 0 Å². The second-order valence-electron chi connectivity index (χ2n) is 6.95. The van der Waals surface area contributed by atoms with Gasteiger partial charge in [-0.3, -0.25) is 9.59 Å². The Morgan fingerprint density at radius 1 is 0.905 bits per heavy atom. The minimum atomic E-state index is 0.112.